The summed E-state index contributed by atoms with van der Waals surface area (Å²) in [4.78, 5) is 16.5. The number of hydrogen-bond acceptors (Lipinski definition) is 3. The van der Waals surface area contributed by atoms with Crippen LogP contribution in [-0.2, 0) is 4.79 Å². The van der Waals surface area contributed by atoms with Gasteiger partial charge in [-0.2, -0.15) is 0 Å². The number of hydrogen-bond donors (Lipinski definition) is 1. The number of piperidine rings is 1. The predicted molar refractivity (Wildman–Crippen MR) is 75.4 cm³/mol. The molecule has 4 nitrogen and oxygen atoms in total. The van der Waals surface area contributed by atoms with Gasteiger partial charge < -0.3 is 15.5 Å². The van der Waals surface area contributed by atoms with Crippen molar-refractivity contribution in [2.24, 2.45) is 5.73 Å². The van der Waals surface area contributed by atoms with Crippen molar-refractivity contribution in [3.63, 3.8) is 0 Å². The number of nitrogens with two attached hydrogens (primary N) is 1. The molecule has 1 saturated heterocycles. The number of carbonyl (C=O) groups excluding carboxylic acids is 1. The molecular weight excluding hydrogens is 226 g/mol. The van der Waals surface area contributed by atoms with E-state index in [1.165, 1.54) is 13.0 Å². The van der Waals surface area contributed by atoms with E-state index in [4.69, 9.17) is 5.73 Å². The molecule has 0 aromatic rings. The topological polar surface area (TPSA) is 49.6 Å². The van der Waals surface area contributed by atoms with Crippen LogP contribution >= 0.6 is 0 Å². The maximum absolute atomic E-state index is 12.1. The van der Waals surface area contributed by atoms with Gasteiger partial charge >= 0.3 is 0 Å². The van der Waals surface area contributed by atoms with Gasteiger partial charge in [-0.05, 0) is 32.2 Å². The Morgan fingerprint density at radius 1 is 1.39 bits per heavy atom. The second-order valence-corrected chi connectivity index (χ2v) is 5.45. The third-order valence-electron chi connectivity index (χ3n) is 4.00. The maximum atomic E-state index is 12.1. The molecule has 1 heterocycles. The van der Waals surface area contributed by atoms with E-state index in [2.05, 4.69) is 11.8 Å². The third-order valence-corrected chi connectivity index (χ3v) is 4.00. The molecule has 4 heteroatoms. The van der Waals surface area contributed by atoms with Crippen LogP contribution in [0.3, 0.4) is 0 Å². The molecule has 1 atom stereocenters. The Morgan fingerprint density at radius 2 is 2.00 bits per heavy atom. The van der Waals surface area contributed by atoms with Gasteiger partial charge in [-0.1, -0.05) is 13.8 Å². The van der Waals surface area contributed by atoms with Gasteiger partial charge in [-0.25, -0.2) is 0 Å². The first kappa shape index (κ1) is 15.4. The fraction of sp³-hybridized carbons (Fsp3) is 0.929. The summed E-state index contributed by atoms with van der Waals surface area (Å²) in [5.74, 6) is 0.207. The quantitative estimate of drug-likeness (QED) is 0.781. The molecule has 2 N–H and O–H groups in total. The number of rotatable bonds is 6. The first-order valence-electron chi connectivity index (χ1n) is 7.32. The fourth-order valence-corrected chi connectivity index (χ4v) is 2.56. The van der Waals surface area contributed by atoms with Gasteiger partial charge in [0.1, 0.15) is 0 Å². The van der Waals surface area contributed by atoms with Gasteiger partial charge in [0.25, 0.3) is 0 Å². The lowest BCUT2D eigenvalue weighted by atomic mass is 10.0. The molecule has 1 aliphatic rings. The Kier molecular flexibility index (Phi) is 6.65. The molecule has 0 aromatic heterocycles. The first-order valence-corrected chi connectivity index (χ1v) is 7.32. The number of likely N-dealkylation sites (tertiary alicyclic amines) is 1. The lowest BCUT2D eigenvalue weighted by molar-refractivity contribution is -0.133. The first-order chi connectivity index (χ1) is 8.58. The molecule has 1 rings (SSSR count). The van der Waals surface area contributed by atoms with Gasteiger partial charge in [0.2, 0.25) is 5.91 Å². The Labute approximate surface area is 111 Å². The van der Waals surface area contributed by atoms with E-state index in [0.717, 1.165) is 32.4 Å². The smallest absolute Gasteiger partial charge is 0.224 e. The number of nitrogens with zero attached hydrogens (tertiary/aromatic N) is 2. The highest BCUT2D eigenvalue weighted by atomic mass is 16.2. The minimum atomic E-state index is 0.0140. The lowest BCUT2D eigenvalue weighted by Crippen LogP contribution is -2.46. The minimum Gasteiger partial charge on any atom is -0.343 e. The molecule has 0 saturated carbocycles. The largest absolute Gasteiger partial charge is 0.343 e. The molecule has 0 radical (unpaired) electrons. The number of carbonyl (C=O) groups is 1. The summed E-state index contributed by atoms with van der Waals surface area (Å²) in [5.41, 5.74) is 5.85. The Balaban J connectivity index is 2.35. The van der Waals surface area contributed by atoms with Crippen molar-refractivity contribution < 1.29 is 4.79 Å². The molecule has 1 unspecified atom stereocenters. The van der Waals surface area contributed by atoms with Gasteiger partial charge in [-0.3, -0.25) is 4.79 Å². The molecular formula is C14H29N3O. The van der Waals surface area contributed by atoms with Crippen LogP contribution < -0.4 is 5.73 Å². The van der Waals surface area contributed by atoms with Crippen LogP contribution in [0.25, 0.3) is 0 Å². The van der Waals surface area contributed by atoms with E-state index < -0.39 is 0 Å². The van der Waals surface area contributed by atoms with Crippen molar-refractivity contribution in [1.29, 1.82) is 0 Å². The number of amides is 1. The predicted octanol–water partition coefficient (Wildman–Crippen LogP) is 1.45. The van der Waals surface area contributed by atoms with Crippen molar-refractivity contribution in [1.82, 2.24) is 9.80 Å². The Hall–Kier alpha value is -0.610. The van der Waals surface area contributed by atoms with Crippen molar-refractivity contribution >= 4 is 5.91 Å². The van der Waals surface area contributed by atoms with Crippen LogP contribution in [0.2, 0.25) is 0 Å². The Morgan fingerprint density at radius 3 is 2.50 bits per heavy atom. The molecule has 0 aliphatic carbocycles. The highest BCUT2D eigenvalue weighted by Crippen LogP contribution is 2.16. The summed E-state index contributed by atoms with van der Waals surface area (Å²) in [6.07, 6.45) is 4.77. The molecule has 106 valence electrons. The van der Waals surface area contributed by atoms with E-state index in [9.17, 15) is 4.79 Å². The van der Waals surface area contributed by atoms with Gasteiger partial charge in [0, 0.05) is 38.6 Å². The highest BCUT2D eigenvalue weighted by molar-refractivity contribution is 5.76. The Bertz CT molecular complexity index is 249. The standard InChI is InChI=1S/C14H29N3O/c1-4-8-17-9-6-13(7-10-17)16(3)14(18)11-12(15)5-2/h12-13H,4-11,15H2,1-3H3. The zero-order valence-corrected chi connectivity index (χ0v) is 12.2. The fourth-order valence-electron chi connectivity index (χ4n) is 2.56. The second-order valence-electron chi connectivity index (χ2n) is 5.45. The zero-order valence-electron chi connectivity index (χ0n) is 12.2. The average molecular weight is 255 g/mol. The van der Waals surface area contributed by atoms with Crippen molar-refractivity contribution in [2.75, 3.05) is 26.7 Å². The third kappa shape index (κ3) is 4.58. The summed E-state index contributed by atoms with van der Waals surface area (Å²) in [6, 6.07) is 0.426. The normalized spacial score (nSPS) is 19.8. The van der Waals surface area contributed by atoms with Gasteiger partial charge in [0.15, 0.2) is 0 Å². The molecule has 1 aliphatic heterocycles. The highest BCUT2D eigenvalue weighted by Gasteiger charge is 2.25. The monoisotopic (exact) mass is 255 g/mol. The molecule has 18 heavy (non-hydrogen) atoms. The summed E-state index contributed by atoms with van der Waals surface area (Å²) >= 11 is 0. The molecule has 1 amide bonds. The van der Waals surface area contributed by atoms with Crippen LogP contribution in [0, 0.1) is 0 Å². The van der Waals surface area contributed by atoms with Crippen LogP contribution in [0.15, 0.2) is 0 Å². The van der Waals surface area contributed by atoms with E-state index in [-0.39, 0.29) is 11.9 Å². The summed E-state index contributed by atoms with van der Waals surface area (Å²) < 4.78 is 0. The minimum absolute atomic E-state index is 0.0140. The van der Waals surface area contributed by atoms with Crippen molar-refractivity contribution in [2.45, 2.75) is 58.0 Å². The van der Waals surface area contributed by atoms with Gasteiger partial charge in [0.05, 0.1) is 0 Å². The SMILES string of the molecule is CCCN1CCC(N(C)C(=O)CC(N)CC)CC1. The van der Waals surface area contributed by atoms with Gasteiger partial charge in [-0.15, -0.1) is 0 Å². The summed E-state index contributed by atoms with van der Waals surface area (Å²) in [7, 11) is 1.94. The lowest BCUT2D eigenvalue weighted by Gasteiger charge is -2.37. The van der Waals surface area contributed by atoms with E-state index >= 15 is 0 Å². The van der Waals surface area contributed by atoms with Crippen LogP contribution in [0.1, 0.15) is 46.0 Å². The van der Waals surface area contributed by atoms with E-state index in [1.807, 2.05) is 18.9 Å². The second kappa shape index (κ2) is 7.74. The van der Waals surface area contributed by atoms with Crippen LogP contribution in [0.5, 0.6) is 0 Å². The molecule has 0 aromatic carbocycles. The molecule has 1 fully saturated rings. The van der Waals surface area contributed by atoms with Crippen LogP contribution in [-0.4, -0.2) is 54.5 Å². The molecule has 0 spiro atoms. The summed E-state index contributed by atoms with van der Waals surface area (Å²) in [6.45, 7) is 7.67. The molecule has 0 bridgehead atoms. The zero-order chi connectivity index (χ0) is 13.5. The average Bonchev–Trinajstić information content (AvgIpc) is 2.39. The van der Waals surface area contributed by atoms with E-state index in [0.29, 0.717) is 12.5 Å². The van der Waals surface area contributed by atoms with E-state index in [1.54, 1.807) is 0 Å². The maximum Gasteiger partial charge on any atom is 0.224 e. The summed E-state index contributed by atoms with van der Waals surface area (Å²) in [5, 5.41) is 0. The van der Waals surface area contributed by atoms with Crippen molar-refractivity contribution in [3.05, 3.63) is 0 Å². The van der Waals surface area contributed by atoms with Crippen LogP contribution in [0.4, 0.5) is 0 Å². The van der Waals surface area contributed by atoms with Crippen molar-refractivity contribution in [3.8, 4) is 0 Å².